The van der Waals surface area contributed by atoms with Crippen LogP contribution in [0.1, 0.15) is 23.6 Å². The summed E-state index contributed by atoms with van der Waals surface area (Å²) in [5, 5.41) is 15.0. The van der Waals surface area contributed by atoms with Gasteiger partial charge in [0.2, 0.25) is 0 Å². The van der Waals surface area contributed by atoms with E-state index in [0.29, 0.717) is 46.8 Å². The van der Waals surface area contributed by atoms with Gasteiger partial charge in [0.05, 0.1) is 25.8 Å². The summed E-state index contributed by atoms with van der Waals surface area (Å²) in [5.74, 6) is 1.47. The summed E-state index contributed by atoms with van der Waals surface area (Å²) in [5.41, 5.74) is 2.16. The highest BCUT2D eigenvalue weighted by molar-refractivity contribution is 6.32. The highest BCUT2D eigenvalue weighted by Crippen LogP contribution is 2.38. The van der Waals surface area contributed by atoms with Crippen LogP contribution < -0.4 is 24.3 Å². The van der Waals surface area contributed by atoms with Crippen molar-refractivity contribution in [3.8, 4) is 29.1 Å². The number of carbonyl (C=O) groups is 1. The Kier molecular flexibility index (Phi) is 9.50. The molecule has 0 radical (unpaired) electrons. The minimum Gasteiger partial charge on any atom is -0.497 e. The van der Waals surface area contributed by atoms with E-state index >= 15 is 0 Å². The van der Waals surface area contributed by atoms with Crippen molar-refractivity contribution in [3.63, 3.8) is 0 Å². The Morgan fingerprint density at radius 3 is 2.48 bits per heavy atom. The Labute approximate surface area is 238 Å². The molecule has 0 heterocycles. The third-order valence-corrected chi connectivity index (χ3v) is 6.42. The van der Waals surface area contributed by atoms with E-state index in [1.165, 1.54) is 13.2 Å². The van der Waals surface area contributed by atoms with Gasteiger partial charge in [0.1, 0.15) is 29.7 Å². The monoisotopic (exact) mass is 556 g/mol. The minimum atomic E-state index is -0.536. The molecule has 1 amide bonds. The molecule has 0 bridgehead atoms. The zero-order valence-electron chi connectivity index (χ0n) is 22.5. The minimum absolute atomic E-state index is 0.0872. The number of hydrogen-bond donors (Lipinski definition) is 1. The van der Waals surface area contributed by atoms with Gasteiger partial charge < -0.3 is 24.3 Å². The normalized spacial score (nSPS) is 11.0. The number of halogens is 1. The van der Waals surface area contributed by atoms with Gasteiger partial charge >= 0.3 is 0 Å². The summed E-state index contributed by atoms with van der Waals surface area (Å²) in [6.07, 6.45) is 1.46. The van der Waals surface area contributed by atoms with Crippen molar-refractivity contribution in [1.82, 2.24) is 5.32 Å². The first-order valence-corrected chi connectivity index (χ1v) is 13.0. The van der Waals surface area contributed by atoms with Crippen LogP contribution in [0.2, 0.25) is 5.02 Å². The quantitative estimate of drug-likeness (QED) is 0.163. The third-order valence-electron chi connectivity index (χ3n) is 6.14. The van der Waals surface area contributed by atoms with Gasteiger partial charge in [-0.05, 0) is 65.2 Å². The SMILES string of the molecule is CCOc1cc(/C=C(\C#N)C(=O)NCc2ccc(OC)cc2OC)cc(Cl)c1OCc1ccc2ccccc2c1. The van der Waals surface area contributed by atoms with Crippen LogP contribution in [-0.4, -0.2) is 26.7 Å². The highest BCUT2D eigenvalue weighted by Gasteiger charge is 2.16. The lowest BCUT2D eigenvalue weighted by Gasteiger charge is -2.15. The molecule has 0 aliphatic rings. The standard InChI is InChI=1S/C32H29ClN2O5/c1-4-39-30-16-22(14-26(18-34)32(36)35-19-25-11-12-27(37-2)17-29(25)38-3)15-28(33)31(30)40-20-21-9-10-23-7-5-6-8-24(23)13-21/h5-17H,4,19-20H2,1-3H3,(H,35,36)/b26-14+. The average Bonchev–Trinajstić information content (AvgIpc) is 2.98. The fraction of sp³-hybridized carbons (Fsp3) is 0.188. The summed E-state index contributed by atoms with van der Waals surface area (Å²) in [6.45, 7) is 2.69. The molecule has 0 aromatic heterocycles. The molecule has 40 heavy (non-hydrogen) atoms. The maximum absolute atomic E-state index is 12.8. The van der Waals surface area contributed by atoms with Gasteiger partial charge in [-0.1, -0.05) is 48.0 Å². The van der Waals surface area contributed by atoms with E-state index in [4.69, 9.17) is 30.5 Å². The van der Waals surface area contributed by atoms with Crippen molar-refractivity contribution in [1.29, 1.82) is 5.26 Å². The number of hydrogen-bond acceptors (Lipinski definition) is 6. The van der Waals surface area contributed by atoms with Gasteiger partial charge in [0.15, 0.2) is 11.5 Å². The Morgan fingerprint density at radius 2 is 1.75 bits per heavy atom. The van der Waals surface area contributed by atoms with Gasteiger partial charge in [-0.25, -0.2) is 0 Å². The average molecular weight is 557 g/mol. The van der Waals surface area contributed by atoms with E-state index in [1.54, 1.807) is 37.4 Å². The Hall–Kier alpha value is -4.67. The number of benzene rings is 4. The van der Waals surface area contributed by atoms with Gasteiger partial charge in [-0.15, -0.1) is 0 Å². The molecule has 0 saturated carbocycles. The number of rotatable bonds is 11. The zero-order chi connectivity index (χ0) is 28.5. The first kappa shape index (κ1) is 28.3. The Bertz CT molecular complexity index is 1590. The van der Waals surface area contributed by atoms with Gasteiger partial charge in [0.25, 0.3) is 5.91 Å². The van der Waals surface area contributed by atoms with Crippen molar-refractivity contribution in [2.45, 2.75) is 20.1 Å². The number of ether oxygens (including phenoxy) is 4. The lowest BCUT2D eigenvalue weighted by molar-refractivity contribution is -0.117. The lowest BCUT2D eigenvalue weighted by atomic mass is 10.1. The molecule has 0 unspecified atom stereocenters. The summed E-state index contributed by atoms with van der Waals surface area (Å²) in [7, 11) is 3.10. The van der Waals surface area contributed by atoms with E-state index in [-0.39, 0.29) is 12.1 Å². The van der Waals surface area contributed by atoms with Gasteiger partial charge in [-0.2, -0.15) is 5.26 Å². The van der Waals surface area contributed by atoms with E-state index < -0.39 is 5.91 Å². The first-order chi connectivity index (χ1) is 19.4. The molecule has 0 saturated heterocycles. The van der Waals surface area contributed by atoms with Crippen molar-refractivity contribution >= 4 is 34.4 Å². The number of nitriles is 1. The smallest absolute Gasteiger partial charge is 0.262 e. The Balaban J connectivity index is 1.51. The molecular weight excluding hydrogens is 528 g/mol. The predicted molar refractivity (Wildman–Crippen MR) is 156 cm³/mol. The number of nitrogens with one attached hydrogen (secondary N) is 1. The molecule has 4 rings (SSSR count). The maximum Gasteiger partial charge on any atom is 0.262 e. The van der Waals surface area contributed by atoms with Crippen LogP contribution in [0.3, 0.4) is 0 Å². The van der Waals surface area contributed by atoms with Crippen LogP contribution in [-0.2, 0) is 17.9 Å². The molecule has 1 N–H and O–H groups in total. The molecule has 7 nitrogen and oxygen atoms in total. The highest BCUT2D eigenvalue weighted by atomic mass is 35.5. The molecule has 0 aliphatic heterocycles. The van der Waals surface area contributed by atoms with Crippen molar-refractivity contribution in [3.05, 3.63) is 100 Å². The second-order valence-electron chi connectivity index (χ2n) is 8.76. The van der Waals surface area contributed by atoms with Crippen molar-refractivity contribution < 1.29 is 23.7 Å². The van der Waals surface area contributed by atoms with Crippen LogP contribution in [0.15, 0.2) is 78.4 Å². The van der Waals surface area contributed by atoms with Crippen LogP contribution >= 0.6 is 11.6 Å². The summed E-state index contributed by atoms with van der Waals surface area (Å²) in [6, 6.07) is 24.8. The zero-order valence-corrected chi connectivity index (χ0v) is 23.2. The van der Waals surface area contributed by atoms with E-state index in [1.807, 2.05) is 37.3 Å². The summed E-state index contributed by atoms with van der Waals surface area (Å²) < 4.78 is 22.5. The number of amides is 1. The van der Waals surface area contributed by atoms with Gasteiger partial charge in [0, 0.05) is 18.2 Å². The van der Waals surface area contributed by atoms with Gasteiger partial charge in [-0.3, -0.25) is 4.79 Å². The lowest BCUT2D eigenvalue weighted by Crippen LogP contribution is -2.24. The van der Waals surface area contributed by atoms with E-state index in [9.17, 15) is 10.1 Å². The summed E-state index contributed by atoms with van der Waals surface area (Å²) >= 11 is 6.60. The Morgan fingerprint density at radius 1 is 0.950 bits per heavy atom. The fourth-order valence-electron chi connectivity index (χ4n) is 4.14. The van der Waals surface area contributed by atoms with Crippen LogP contribution in [0.4, 0.5) is 0 Å². The number of nitrogens with zero attached hydrogens (tertiary/aromatic N) is 1. The fourth-order valence-corrected chi connectivity index (χ4v) is 4.42. The van der Waals surface area contributed by atoms with Crippen LogP contribution in [0, 0.1) is 11.3 Å². The molecule has 0 aliphatic carbocycles. The maximum atomic E-state index is 12.8. The second kappa shape index (κ2) is 13.4. The summed E-state index contributed by atoms with van der Waals surface area (Å²) in [4.78, 5) is 12.8. The molecule has 8 heteroatoms. The first-order valence-electron chi connectivity index (χ1n) is 12.6. The number of fused-ring (bicyclic) bond motifs is 1. The molecule has 4 aromatic rings. The molecule has 204 valence electrons. The largest absolute Gasteiger partial charge is 0.497 e. The predicted octanol–water partition coefficient (Wildman–Crippen LogP) is 6.71. The van der Waals surface area contributed by atoms with Crippen molar-refractivity contribution in [2.24, 2.45) is 0 Å². The topological polar surface area (TPSA) is 89.8 Å². The molecular formula is C32H29ClN2O5. The van der Waals surface area contributed by atoms with Crippen LogP contribution in [0.5, 0.6) is 23.0 Å². The van der Waals surface area contributed by atoms with Crippen LogP contribution in [0.25, 0.3) is 16.8 Å². The number of carbonyl (C=O) groups excluding carboxylic acids is 1. The molecule has 0 fully saturated rings. The molecule has 0 atom stereocenters. The molecule has 4 aromatic carbocycles. The van der Waals surface area contributed by atoms with E-state index in [0.717, 1.165) is 21.9 Å². The van der Waals surface area contributed by atoms with E-state index in [2.05, 4.69) is 23.5 Å². The number of methoxy groups -OCH3 is 2. The third kappa shape index (κ3) is 6.85. The molecule has 0 spiro atoms. The second-order valence-corrected chi connectivity index (χ2v) is 9.17. The van der Waals surface area contributed by atoms with Crippen molar-refractivity contribution in [2.75, 3.05) is 20.8 Å².